The third kappa shape index (κ3) is 4.73. The number of hydrogen-bond donors (Lipinski definition) is 1. The van der Waals surface area contributed by atoms with Crippen LogP contribution in [0.3, 0.4) is 0 Å². The van der Waals surface area contributed by atoms with Gasteiger partial charge in [-0.15, -0.1) is 11.3 Å². The van der Waals surface area contributed by atoms with Gasteiger partial charge in [-0.2, -0.15) is 0 Å². The monoisotopic (exact) mass is 407 g/mol. The van der Waals surface area contributed by atoms with Crippen LogP contribution in [0.4, 0.5) is 0 Å². The first-order valence-electron chi connectivity index (χ1n) is 9.74. The fourth-order valence-electron chi connectivity index (χ4n) is 3.80. The second-order valence-corrected chi connectivity index (χ2v) is 10.1. The standard InChI is InChI=1S/C21H29NO3S2/c1-3-13-25-19-10-9-18(15-17(19)2)27(23,24)22-16-21(11-5-4-6-12-21)20-8-7-14-26-20/h7-10,14-15,22H,3-6,11-13,16H2,1-2H3. The van der Waals surface area contributed by atoms with Crippen molar-refractivity contribution in [3.8, 4) is 5.75 Å². The van der Waals surface area contributed by atoms with E-state index in [1.807, 2.05) is 13.8 Å². The SMILES string of the molecule is CCCOc1ccc(S(=O)(=O)NCC2(c3cccs3)CCCCC2)cc1C. The van der Waals surface area contributed by atoms with Crippen LogP contribution >= 0.6 is 11.3 Å². The molecule has 1 aliphatic carbocycles. The van der Waals surface area contributed by atoms with Gasteiger partial charge in [0.2, 0.25) is 10.0 Å². The van der Waals surface area contributed by atoms with Gasteiger partial charge in [0.25, 0.3) is 0 Å². The lowest BCUT2D eigenvalue weighted by molar-refractivity contribution is 0.298. The zero-order valence-electron chi connectivity index (χ0n) is 16.2. The molecule has 0 amide bonds. The van der Waals surface area contributed by atoms with E-state index in [0.717, 1.165) is 43.4 Å². The van der Waals surface area contributed by atoms with Crippen LogP contribution in [0.5, 0.6) is 5.75 Å². The Labute approximate surface area is 167 Å². The number of sulfonamides is 1. The summed E-state index contributed by atoms with van der Waals surface area (Å²) < 4.78 is 34.4. The lowest BCUT2D eigenvalue weighted by Crippen LogP contribution is -2.41. The van der Waals surface area contributed by atoms with Gasteiger partial charge in [0.1, 0.15) is 5.75 Å². The molecule has 1 aliphatic rings. The van der Waals surface area contributed by atoms with Crippen LogP contribution in [0.1, 0.15) is 55.9 Å². The van der Waals surface area contributed by atoms with Crippen LogP contribution in [-0.2, 0) is 15.4 Å². The van der Waals surface area contributed by atoms with Gasteiger partial charge in [0.05, 0.1) is 11.5 Å². The van der Waals surface area contributed by atoms with E-state index in [-0.39, 0.29) is 5.41 Å². The third-order valence-electron chi connectivity index (χ3n) is 5.37. The van der Waals surface area contributed by atoms with Crippen LogP contribution < -0.4 is 9.46 Å². The average Bonchev–Trinajstić information content (AvgIpc) is 3.22. The van der Waals surface area contributed by atoms with E-state index in [1.165, 1.54) is 11.3 Å². The molecule has 1 aromatic heterocycles. The van der Waals surface area contributed by atoms with Crippen molar-refractivity contribution >= 4 is 21.4 Å². The number of aryl methyl sites for hydroxylation is 1. The molecule has 148 valence electrons. The normalized spacial score (nSPS) is 17.0. The first-order valence-corrected chi connectivity index (χ1v) is 12.1. The van der Waals surface area contributed by atoms with Crippen molar-refractivity contribution in [1.29, 1.82) is 0 Å². The minimum absolute atomic E-state index is 0.0707. The smallest absolute Gasteiger partial charge is 0.240 e. The second kappa shape index (κ2) is 8.76. The minimum Gasteiger partial charge on any atom is -0.493 e. The van der Waals surface area contributed by atoms with E-state index < -0.39 is 10.0 Å². The molecule has 0 atom stereocenters. The molecular formula is C21H29NO3S2. The maximum absolute atomic E-state index is 12.9. The summed E-state index contributed by atoms with van der Waals surface area (Å²) in [6.07, 6.45) is 6.55. The van der Waals surface area contributed by atoms with Gasteiger partial charge >= 0.3 is 0 Å². The Kier molecular flexibility index (Phi) is 6.61. The van der Waals surface area contributed by atoms with Gasteiger partial charge in [0, 0.05) is 16.8 Å². The van der Waals surface area contributed by atoms with Crippen molar-refractivity contribution < 1.29 is 13.2 Å². The molecule has 1 fully saturated rings. The zero-order chi connectivity index (χ0) is 19.3. The molecule has 0 radical (unpaired) electrons. The van der Waals surface area contributed by atoms with E-state index in [9.17, 15) is 8.42 Å². The Morgan fingerprint density at radius 1 is 1.19 bits per heavy atom. The molecule has 4 nitrogen and oxygen atoms in total. The van der Waals surface area contributed by atoms with Crippen molar-refractivity contribution in [3.05, 3.63) is 46.2 Å². The number of nitrogens with one attached hydrogen (secondary N) is 1. The Morgan fingerprint density at radius 3 is 2.59 bits per heavy atom. The van der Waals surface area contributed by atoms with E-state index in [2.05, 4.69) is 22.2 Å². The summed E-state index contributed by atoms with van der Waals surface area (Å²) in [4.78, 5) is 1.60. The highest BCUT2D eigenvalue weighted by Gasteiger charge is 2.36. The predicted octanol–water partition coefficient (Wildman–Crippen LogP) is 5.03. The summed E-state index contributed by atoms with van der Waals surface area (Å²) >= 11 is 1.74. The highest BCUT2D eigenvalue weighted by atomic mass is 32.2. The summed E-state index contributed by atoms with van der Waals surface area (Å²) in [5.41, 5.74) is 0.774. The lowest BCUT2D eigenvalue weighted by Gasteiger charge is -2.36. The summed E-state index contributed by atoms with van der Waals surface area (Å²) in [6, 6.07) is 9.30. The molecule has 1 saturated carbocycles. The van der Waals surface area contributed by atoms with Gasteiger partial charge in [-0.05, 0) is 61.4 Å². The van der Waals surface area contributed by atoms with Crippen molar-refractivity contribution in [2.75, 3.05) is 13.2 Å². The Hall–Kier alpha value is -1.37. The molecule has 1 N–H and O–H groups in total. The van der Waals surface area contributed by atoms with Crippen molar-refractivity contribution in [1.82, 2.24) is 4.72 Å². The van der Waals surface area contributed by atoms with Crippen LogP contribution in [-0.4, -0.2) is 21.6 Å². The number of ether oxygens (including phenoxy) is 1. The van der Waals surface area contributed by atoms with E-state index in [1.54, 1.807) is 29.5 Å². The number of thiophene rings is 1. The molecule has 2 aromatic rings. The van der Waals surface area contributed by atoms with E-state index in [0.29, 0.717) is 18.0 Å². The fourth-order valence-corrected chi connectivity index (χ4v) is 6.00. The van der Waals surface area contributed by atoms with E-state index >= 15 is 0 Å². The molecule has 1 heterocycles. The molecule has 3 rings (SSSR count). The molecule has 0 unspecified atom stereocenters. The van der Waals surface area contributed by atoms with Gasteiger partial charge in [0.15, 0.2) is 0 Å². The Bertz CT molecular complexity index is 838. The van der Waals surface area contributed by atoms with Crippen LogP contribution in [0.15, 0.2) is 40.6 Å². The average molecular weight is 408 g/mol. The Balaban J connectivity index is 1.76. The topological polar surface area (TPSA) is 55.4 Å². The first-order chi connectivity index (χ1) is 13.0. The number of benzene rings is 1. The van der Waals surface area contributed by atoms with Crippen LogP contribution in [0, 0.1) is 6.92 Å². The highest BCUT2D eigenvalue weighted by molar-refractivity contribution is 7.89. The first kappa shape index (κ1) is 20.4. The summed E-state index contributed by atoms with van der Waals surface area (Å²) in [7, 11) is -3.55. The Morgan fingerprint density at radius 2 is 1.96 bits per heavy atom. The van der Waals surface area contributed by atoms with Gasteiger partial charge in [-0.1, -0.05) is 32.3 Å². The van der Waals surface area contributed by atoms with Crippen LogP contribution in [0.2, 0.25) is 0 Å². The largest absolute Gasteiger partial charge is 0.493 e. The second-order valence-electron chi connectivity index (χ2n) is 7.42. The van der Waals surface area contributed by atoms with E-state index in [4.69, 9.17) is 4.74 Å². The molecule has 0 bridgehead atoms. The number of hydrogen-bond acceptors (Lipinski definition) is 4. The third-order valence-corrected chi connectivity index (χ3v) is 7.89. The van der Waals surface area contributed by atoms with Crippen molar-refractivity contribution in [2.45, 2.75) is 62.7 Å². The number of rotatable bonds is 8. The maximum atomic E-state index is 12.9. The van der Waals surface area contributed by atoms with Crippen molar-refractivity contribution in [3.63, 3.8) is 0 Å². The molecule has 0 aliphatic heterocycles. The predicted molar refractivity (Wildman–Crippen MR) is 111 cm³/mol. The molecule has 27 heavy (non-hydrogen) atoms. The van der Waals surface area contributed by atoms with Gasteiger partial charge < -0.3 is 4.74 Å². The molecule has 0 spiro atoms. The van der Waals surface area contributed by atoms with Crippen LogP contribution in [0.25, 0.3) is 0 Å². The van der Waals surface area contributed by atoms with Gasteiger partial charge in [-0.25, -0.2) is 13.1 Å². The molecule has 0 saturated heterocycles. The highest BCUT2D eigenvalue weighted by Crippen LogP contribution is 2.41. The molecule has 1 aromatic carbocycles. The van der Waals surface area contributed by atoms with Gasteiger partial charge in [-0.3, -0.25) is 0 Å². The van der Waals surface area contributed by atoms with Crippen molar-refractivity contribution in [2.24, 2.45) is 0 Å². The lowest BCUT2D eigenvalue weighted by atomic mass is 9.73. The molecule has 6 heteroatoms. The summed E-state index contributed by atoms with van der Waals surface area (Å²) in [6.45, 7) is 5.03. The quantitative estimate of drug-likeness (QED) is 0.668. The zero-order valence-corrected chi connectivity index (χ0v) is 17.8. The minimum atomic E-state index is -3.55. The fraction of sp³-hybridized carbons (Fsp3) is 0.524. The summed E-state index contributed by atoms with van der Waals surface area (Å²) in [5.74, 6) is 0.748. The summed E-state index contributed by atoms with van der Waals surface area (Å²) in [5, 5.41) is 2.08. The molecular weight excluding hydrogens is 378 g/mol. The maximum Gasteiger partial charge on any atom is 0.240 e.